The number of carbonyl (C=O) groups excluding carboxylic acids is 1. The number of halogens is 2. The summed E-state index contributed by atoms with van der Waals surface area (Å²) in [4.78, 5) is 11.6. The summed E-state index contributed by atoms with van der Waals surface area (Å²) in [6.07, 6.45) is 0.903. The summed E-state index contributed by atoms with van der Waals surface area (Å²) < 4.78 is 44.3. The van der Waals surface area contributed by atoms with Crippen LogP contribution in [-0.2, 0) is 22.6 Å². The Balaban J connectivity index is 1.78. The molecule has 0 saturated heterocycles. The van der Waals surface area contributed by atoms with Crippen LogP contribution < -0.4 is 4.74 Å². The average molecular weight is 402 g/mol. The van der Waals surface area contributed by atoms with E-state index >= 15 is 0 Å². The van der Waals surface area contributed by atoms with Crippen LogP contribution in [0.4, 0.5) is 8.78 Å². The monoisotopic (exact) mass is 402 g/mol. The van der Waals surface area contributed by atoms with E-state index < -0.39 is 11.6 Å². The van der Waals surface area contributed by atoms with Crippen LogP contribution in [0, 0.1) is 32.4 Å². The molecular formula is C23H24F2O4. The molecule has 0 spiro atoms. The van der Waals surface area contributed by atoms with Crippen LogP contribution in [0.2, 0.25) is 0 Å². The quantitative estimate of drug-likeness (QED) is 0.475. The fraction of sp³-hybridized carbons (Fsp3) is 0.348. The van der Waals surface area contributed by atoms with Gasteiger partial charge in [-0.15, -0.1) is 0 Å². The first-order valence-corrected chi connectivity index (χ1v) is 9.56. The van der Waals surface area contributed by atoms with E-state index in [9.17, 15) is 13.6 Å². The highest BCUT2D eigenvalue weighted by Crippen LogP contribution is 2.30. The zero-order valence-electron chi connectivity index (χ0n) is 17.0. The van der Waals surface area contributed by atoms with E-state index in [4.69, 9.17) is 13.9 Å². The molecule has 3 aromatic rings. The molecule has 6 heteroatoms. The Morgan fingerprint density at radius 2 is 1.83 bits per heavy atom. The second-order valence-corrected chi connectivity index (χ2v) is 6.98. The van der Waals surface area contributed by atoms with Gasteiger partial charge >= 0.3 is 5.97 Å². The Morgan fingerprint density at radius 3 is 2.55 bits per heavy atom. The number of esters is 1. The molecule has 3 rings (SSSR count). The summed E-state index contributed by atoms with van der Waals surface area (Å²) in [6.45, 7) is 7.59. The Kier molecular flexibility index (Phi) is 6.20. The highest BCUT2D eigenvalue weighted by molar-refractivity contribution is 5.82. The van der Waals surface area contributed by atoms with Crippen LogP contribution in [0.1, 0.15) is 41.4 Å². The largest absolute Gasteiger partial charge is 0.488 e. The van der Waals surface area contributed by atoms with Crippen molar-refractivity contribution in [3.8, 4) is 5.75 Å². The Hall–Kier alpha value is -2.89. The minimum atomic E-state index is -0.557. The van der Waals surface area contributed by atoms with E-state index in [1.54, 1.807) is 6.92 Å². The number of furan rings is 1. The Bertz CT molecular complexity index is 1050. The van der Waals surface area contributed by atoms with Crippen LogP contribution in [0.5, 0.6) is 5.75 Å². The topological polar surface area (TPSA) is 48.7 Å². The number of hydrogen-bond donors (Lipinski definition) is 0. The first-order valence-electron chi connectivity index (χ1n) is 9.56. The molecule has 0 atom stereocenters. The van der Waals surface area contributed by atoms with Gasteiger partial charge in [-0.1, -0.05) is 6.07 Å². The summed E-state index contributed by atoms with van der Waals surface area (Å²) in [7, 11) is 0. The van der Waals surface area contributed by atoms with Crippen molar-refractivity contribution in [3.05, 3.63) is 63.9 Å². The van der Waals surface area contributed by atoms with Gasteiger partial charge in [0.15, 0.2) is 5.82 Å². The lowest BCUT2D eigenvalue weighted by Gasteiger charge is -2.15. The zero-order chi connectivity index (χ0) is 21.1. The van der Waals surface area contributed by atoms with Crippen molar-refractivity contribution in [1.82, 2.24) is 0 Å². The predicted octanol–water partition coefficient (Wildman–Crippen LogP) is 5.71. The van der Waals surface area contributed by atoms with E-state index in [2.05, 4.69) is 0 Å². The van der Waals surface area contributed by atoms with Gasteiger partial charge in [-0.3, -0.25) is 4.79 Å². The van der Waals surface area contributed by atoms with Crippen LogP contribution in [-0.4, -0.2) is 12.6 Å². The number of rotatable bonds is 7. The molecule has 0 aliphatic rings. The predicted molar refractivity (Wildman–Crippen MR) is 106 cm³/mol. The first-order chi connectivity index (χ1) is 13.8. The third-order valence-electron chi connectivity index (χ3n) is 5.07. The molecule has 1 heterocycles. The summed E-state index contributed by atoms with van der Waals surface area (Å²) in [5, 5.41) is 0.114. The lowest BCUT2D eigenvalue weighted by Crippen LogP contribution is -2.06. The summed E-state index contributed by atoms with van der Waals surface area (Å²) >= 11 is 0. The molecule has 1 aromatic heterocycles. The third kappa shape index (κ3) is 4.42. The van der Waals surface area contributed by atoms with Crippen molar-refractivity contribution in [1.29, 1.82) is 0 Å². The first kappa shape index (κ1) is 20.8. The van der Waals surface area contributed by atoms with Gasteiger partial charge in [-0.25, -0.2) is 8.78 Å². The van der Waals surface area contributed by atoms with Gasteiger partial charge in [0, 0.05) is 12.0 Å². The number of hydrogen-bond acceptors (Lipinski definition) is 4. The van der Waals surface area contributed by atoms with Crippen LogP contribution in [0.15, 0.2) is 28.7 Å². The highest BCUT2D eigenvalue weighted by Gasteiger charge is 2.17. The minimum absolute atomic E-state index is 0.0447. The molecule has 0 aliphatic carbocycles. The van der Waals surface area contributed by atoms with Crippen LogP contribution >= 0.6 is 0 Å². The van der Waals surface area contributed by atoms with E-state index in [0.29, 0.717) is 36.3 Å². The molecule has 29 heavy (non-hydrogen) atoms. The number of benzene rings is 2. The maximum Gasteiger partial charge on any atom is 0.306 e. The number of carbonyl (C=O) groups is 1. The molecule has 154 valence electrons. The zero-order valence-corrected chi connectivity index (χ0v) is 17.0. The van der Waals surface area contributed by atoms with Gasteiger partial charge in [0.25, 0.3) is 0 Å². The van der Waals surface area contributed by atoms with Crippen LogP contribution in [0.3, 0.4) is 0 Å². The van der Waals surface area contributed by atoms with Gasteiger partial charge in [0.1, 0.15) is 29.5 Å². The number of aryl methyl sites for hydroxylation is 2. The summed E-state index contributed by atoms with van der Waals surface area (Å²) in [6, 6.07) is 6.15. The normalized spacial score (nSPS) is 11.1. The van der Waals surface area contributed by atoms with E-state index in [-0.39, 0.29) is 23.7 Å². The molecule has 0 amide bonds. The molecule has 0 unspecified atom stereocenters. The molecule has 2 aromatic carbocycles. The maximum absolute atomic E-state index is 14.1. The van der Waals surface area contributed by atoms with E-state index in [1.807, 2.05) is 26.0 Å². The van der Waals surface area contributed by atoms with Crippen molar-refractivity contribution >= 4 is 16.9 Å². The molecule has 4 nitrogen and oxygen atoms in total. The molecule has 0 fully saturated rings. The second-order valence-electron chi connectivity index (χ2n) is 6.98. The van der Waals surface area contributed by atoms with E-state index in [0.717, 1.165) is 22.8 Å². The van der Waals surface area contributed by atoms with Gasteiger partial charge in [-0.2, -0.15) is 0 Å². The summed E-state index contributed by atoms with van der Waals surface area (Å²) in [5.74, 6) is -0.564. The summed E-state index contributed by atoms with van der Waals surface area (Å²) in [5.41, 5.74) is 3.73. The lowest BCUT2D eigenvalue weighted by atomic mass is 9.99. The average Bonchev–Trinajstić information content (AvgIpc) is 2.96. The van der Waals surface area contributed by atoms with Crippen molar-refractivity contribution in [3.63, 3.8) is 0 Å². The SMILES string of the molecule is CCOC(=O)CCc1ccc(OCc2cc(F)cc3c(F)c(C)oc23)c(C)c1C. The van der Waals surface area contributed by atoms with Crippen molar-refractivity contribution in [2.24, 2.45) is 0 Å². The van der Waals surface area contributed by atoms with Gasteiger partial charge in [-0.05, 0) is 69.0 Å². The highest BCUT2D eigenvalue weighted by atomic mass is 19.1. The van der Waals surface area contributed by atoms with E-state index in [1.165, 1.54) is 13.0 Å². The fourth-order valence-corrected chi connectivity index (χ4v) is 3.33. The molecular weight excluding hydrogens is 378 g/mol. The smallest absolute Gasteiger partial charge is 0.306 e. The van der Waals surface area contributed by atoms with Crippen molar-refractivity contribution in [2.75, 3.05) is 6.61 Å². The number of ether oxygens (including phenoxy) is 2. The van der Waals surface area contributed by atoms with Gasteiger partial charge in [0.2, 0.25) is 0 Å². The Labute approximate surface area is 168 Å². The third-order valence-corrected chi connectivity index (χ3v) is 5.07. The number of fused-ring (bicyclic) bond motifs is 1. The molecule has 0 saturated carbocycles. The Morgan fingerprint density at radius 1 is 1.07 bits per heavy atom. The van der Waals surface area contributed by atoms with Gasteiger partial charge in [0.05, 0.1) is 12.0 Å². The maximum atomic E-state index is 14.1. The lowest BCUT2D eigenvalue weighted by molar-refractivity contribution is -0.143. The fourth-order valence-electron chi connectivity index (χ4n) is 3.33. The minimum Gasteiger partial charge on any atom is -0.488 e. The molecule has 0 aliphatic heterocycles. The van der Waals surface area contributed by atoms with Crippen molar-refractivity contribution < 1.29 is 27.5 Å². The van der Waals surface area contributed by atoms with Crippen LogP contribution in [0.25, 0.3) is 11.0 Å². The molecule has 0 N–H and O–H groups in total. The second kappa shape index (κ2) is 8.64. The van der Waals surface area contributed by atoms with Gasteiger partial charge < -0.3 is 13.9 Å². The van der Waals surface area contributed by atoms with Crippen molar-refractivity contribution in [2.45, 2.75) is 47.1 Å². The standard InChI is InChI=1S/C23H24F2O4/c1-5-27-21(26)9-7-16-6-8-20(14(3)13(16)2)28-12-17-10-18(24)11-19-22(25)15(4)29-23(17)19/h6,8,10-11H,5,7,9,12H2,1-4H3. The molecule has 0 bridgehead atoms. The molecule has 0 radical (unpaired) electrons.